The summed E-state index contributed by atoms with van der Waals surface area (Å²) in [4.78, 5) is 0. The Morgan fingerprint density at radius 1 is 0.944 bits per heavy atom. The van der Waals surface area contributed by atoms with Crippen LogP contribution in [0.1, 0.15) is 23.1 Å². The Kier molecular flexibility index (Phi) is 4.83. The average Bonchev–Trinajstić information content (AvgIpc) is 2.39. The maximum atomic E-state index is 6.42. The number of benzene rings is 2. The van der Waals surface area contributed by atoms with Gasteiger partial charge in [-0.3, -0.25) is 0 Å². The number of alkyl halides is 1. The second-order valence-corrected chi connectivity index (χ2v) is 5.37. The van der Waals surface area contributed by atoms with Crippen LogP contribution in [0.25, 0.3) is 0 Å². The highest BCUT2D eigenvalue weighted by Crippen LogP contribution is 2.16. The summed E-state index contributed by atoms with van der Waals surface area (Å²) >= 11 is 6.42. The summed E-state index contributed by atoms with van der Waals surface area (Å²) in [5.41, 5.74) is 4.10. The lowest BCUT2D eigenvalue weighted by atomic mass is 10.0. The summed E-state index contributed by atoms with van der Waals surface area (Å²) in [6.45, 7) is 2.16. The smallest absolute Gasteiger partial charge is 0.0379 e. The molecular weight excluding hydrogens is 240 g/mol. The Balaban J connectivity index is 1.86. The molecule has 0 nitrogen and oxygen atoms in total. The summed E-state index contributed by atoms with van der Waals surface area (Å²) in [6, 6.07) is 19.0. The third kappa shape index (κ3) is 3.89. The number of aryl methyl sites for hydroxylation is 2. The number of hydrogen-bond donors (Lipinski definition) is 0. The van der Waals surface area contributed by atoms with Gasteiger partial charge in [-0.1, -0.05) is 54.6 Å². The van der Waals surface area contributed by atoms with Crippen molar-refractivity contribution in [3.63, 3.8) is 0 Å². The van der Waals surface area contributed by atoms with E-state index in [1.807, 2.05) is 6.07 Å². The molecule has 0 N–H and O–H groups in total. The molecule has 94 valence electrons. The first-order valence-electron chi connectivity index (χ1n) is 6.48. The highest BCUT2D eigenvalue weighted by atomic mass is 35.5. The number of rotatable bonds is 5. The van der Waals surface area contributed by atoms with Crippen LogP contribution in [0.5, 0.6) is 0 Å². The van der Waals surface area contributed by atoms with Crippen LogP contribution in [-0.2, 0) is 12.8 Å². The van der Waals surface area contributed by atoms with Gasteiger partial charge in [-0.25, -0.2) is 0 Å². The SMILES string of the molecule is Cc1ccccc1CCC(Cl)Cc1ccccc1. The molecule has 0 heterocycles. The van der Waals surface area contributed by atoms with Gasteiger partial charge in [0.2, 0.25) is 0 Å². The molecule has 1 atom stereocenters. The van der Waals surface area contributed by atoms with E-state index >= 15 is 0 Å². The van der Waals surface area contributed by atoms with Gasteiger partial charge in [0.1, 0.15) is 0 Å². The van der Waals surface area contributed by atoms with Crippen LogP contribution in [0, 0.1) is 6.92 Å². The van der Waals surface area contributed by atoms with Gasteiger partial charge in [0, 0.05) is 5.38 Å². The molecule has 2 aromatic rings. The number of halogens is 1. The van der Waals surface area contributed by atoms with Gasteiger partial charge in [-0.2, -0.15) is 0 Å². The van der Waals surface area contributed by atoms with Gasteiger partial charge in [0.15, 0.2) is 0 Å². The molecule has 0 fully saturated rings. The minimum Gasteiger partial charge on any atom is -0.123 e. The lowest BCUT2D eigenvalue weighted by molar-refractivity contribution is 0.741. The normalized spacial score (nSPS) is 12.3. The Bertz CT molecular complexity index is 476. The van der Waals surface area contributed by atoms with Crippen LogP contribution in [0.2, 0.25) is 0 Å². The molecule has 18 heavy (non-hydrogen) atoms. The van der Waals surface area contributed by atoms with Gasteiger partial charge in [0.25, 0.3) is 0 Å². The second kappa shape index (κ2) is 6.61. The molecule has 0 spiro atoms. The zero-order valence-corrected chi connectivity index (χ0v) is 11.5. The van der Waals surface area contributed by atoms with Crippen molar-refractivity contribution in [1.29, 1.82) is 0 Å². The molecule has 0 saturated carbocycles. The Hall–Kier alpha value is -1.27. The van der Waals surface area contributed by atoms with Crippen LogP contribution in [0.3, 0.4) is 0 Å². The fraction of sp³-hybridized carbons (Fsp3) is 0.294. The maximum Gasteiger partial charge on any atom is 0.0379 e. The van der Waals surface area contributed by atoms with Crippen LogP contribution >= 0.6 is 11.6 Å². The van der Waals surface area contributed by atoms with Crippen LogP contribution in [0.15, 0.2) is 54.6 Å². The highest BCUT2D eigenvalue weighted by molar-refractivity contribution is 6.20. The topological polar surface area (TPSA) is 0 Å². The van der Waals surface area contributed by atoms with Gasteiger partial charge in [-0.05, 0) is 42.9 Å². The second-order valence-electron chi connectivity index (χ2n) is 4.75. The summed E-state index contributed by atoms with van der Waals surface area (Å²) in [6.07, 6.45) is 3.04. The summed E-state index contributed by atoms with van der Waals surface area (Å²) < 4.78 is 0. The lowest BCUT2D eigenvalue weighted by Gasteiger charge is -2.11. The molecule has 0 aromatic heterocycles. The van der Waals surface area contributed by atoms with Crippen molar-refractivity contribution in [2.24, 2.45) is 0 Å². The van der Waals surface area contributed by atoms with Gasteiger partial charge in [-0.15, -0.1) is 11.6 Å². The van der Waals surface area contributed by atoms with Crippen molar-refractivity contribution < 1.29 is 0 Å². The molecular formula is C17H19Cl. The average molecular weight is 259 g/mol. The van der Waals surface area contributed by atoms with Crippen molar-refractivity contribution >= 4 is 11.6 Å². The predicted molar refractivity (Wildman–Crippen MR) is 79.3 cm³/mol. The molecule has 1 heteroatoms. The summed E-state index contributed by atoms with van der Waals surface area (Å²) in [5.74, 6) is 0. The molecule has 0 aliphatic carbocycles. The molecule has 2 aromatic carbocycles. The van der Waals surface area contributed by atoms with E-state index < -0.39 is 0 Å². The largest absolute Gasteiger partial charge is 0.123 e. The molecule has 0 aliphatic rings. The van der Waals surface area contributed by atoms with E-state index in [-0.39, 0.29) is 5.38 Å². The quantitative estimate of drug-likeness (QED) is 0.677. The number of hydrogen-bond acceptors (Lipinski definition) is 0. The van der Waals surface area contributed by atoms with Gasteiger partial charge < -0.3 is 0 Å². The first-order chi connectivity index (χ1) is 8.75. The van der Waals surface area contributed by atoms with Gasteiger partial charge in [0.05, 0.1) is 0 Å². The first kappa shape index (κ1) is 13.2. The fourth-order valence-electron chi connectivity index (χ4n) is 2.17. The van der Waals surface area contributed by atoms with E-state index in [9.17, 15) is 0 Å². The van der Waals surface area contributed by atoms with Crippen molar-refractivity contribution in [2.75, 3.05) is 0 Å². The van der Waals surface area contributed by atoms with E-state index in [1.54, 1.807) is 0 Å². The molecule has 0 aliphatic heterocycles. The van der Waals surface area contributed by atoms with Crippen LogP contribution in [-0.4, -0.2) is 5.38 Å². The zero-order valence-electron chi connectivity index (χ0n) is 10.8. The van der Waals surface area contributed by atoms with E-state index in [0.29, 0.717) is 0 Å². The molecule has 2 rings (SSSR count). The zero-order chi connectivity index (χ0) is 12.8. The molecule has 0 radical (unpaired) electrons. The third-order valence-electron chi connectivity index (χ3n) is 3.29. The predicted octanol–water partition coefficient (Wildman–Crippen LogP) is 4.78. The molecule has 0 saturated heterocycles. The van der Waals surface area contributed by atoms with Crippen molar-refractivity contribution in [3.05, 3.63) is 71.3 Å². The minimum atomic E-state index is 0.215. The van der Waals surface area contributed by atoms with Gasteiger partial charge >= 0.3 is 0 Å². The maximum absolute atomic E-state index is 6.42. The van der Waals surface area contributed by atoms with Crippen LogP contribution < -0.4 is 0 Å². The Morgan fingerprint density at radius 3 is 2.33 bits per heavy atom. The third-order valence-corrected chi connectivity index (χ3v) is 3.66. The van der Waals surface area contributed by atoms with Crippen molar-refractivity contribution in [3.8, 4) is 0 Å². The van der Waals surface area contributed by atoms with Crippen molar-refractivity contribution in [1.82, 2.24) is 0 Å². The standard InChI is InChI=1S/C17H19Cl/c1-14-7-5-6-10-16(14)11-12-17(18)13-15-8-3-2-4-9-15/h2-10,17H,11-13H2,1H3. The lowest BCUT2D eigenvalue weighted by Crippen LogP contribution is -2.05. The minimum absolute atomic E-state index is 0.215. The van der Waals surface area contributed by atoms with E-state index in [4.69, 9.17) is 11.6 Å². The first-order valence-corrected chi connectivity index (χ1v) is 6.92. The summed E-state index contributed by atoms with van der Waals surface area (Å²) in [7, 11) is 0. The molecule has 0 amide bonds. The fourth-order valence-corrected chi connectivity index (χ4v) is 2.46. The van der Waals surface area contributed by atoms with Crippen LogP contribution in [0.4, 0.5) is 0 Å². The Morgan fingerprint density at radius 2 is 1.61 bits per heavy atom. The Labute approximate surface area is 115 Å². The highest BCUT2D eigenvalue weighted by Gasteiger charge is 2.07. The van der Waals surface area contributed by atoms with E-state index in [0.717, 1.165) is 19.3 Å². The van der Waals surface area contributed by atoms with E-state index in [1.165, 1.54) is 16.7 Å². The molecule has 0 bridgehead atoms. The monoisotopic (exact) mass is 258 g/mol. The molecule has 1 unspecified atom stereocenters. The summed E-state index contributed by atoms with van der Waals surface area (Å²) in [5, 5.41) is 0.215. The van der Waals surface area contributed by atoms with Crippen molar-refractivity contribution in [2.45, 2.75) is 31.6 Å². The van der Waals surface area contributed by atoms with E-state index in [2.05, 4.69) is 55.5 Å².